The average molecular weight is 355 g/mol. The molecule has 1 N–H and O–H groups in total. The van der Waals surface area contributed by atoms with Crippen LogP contribution in [0.3, 0.4) is 0 Å². The number of amides is 2. The highest BCUT2D eigenvalue weighted by atomic mass is 16.5. The molecule has 0 unspecified atom stereocenters. The number of likely N-dealkylation sites (N-methyl/N-ethyl adjacent to an activating group) is 1. The highest BCUT2D eigenvalue weighted by Crippen LogP contribution is 2.36. The molecule has 1 aliphatic heterocycles. The molecule has 7 heteroatoms. The number of ether oxygens (including phenoxy) is 2. The Morgan fingerprint density at radius 1 is 1.27 bits per heavy atom. The van der Waals surface area contributed by atoms with E-state index in [9.17, 15) is 9.59 Å². The SMILES string of the molecule is CCOc1ccc(NC(=O)[C@]2(C)Oc3cccnc3N(CC)C2=O)cc1. The number of carbonyl (C=O) groups excluding carboxylic acids is 2. The number of hydrogen-bond acceptors (Lipinski definition) is 5. The van der Waals surface area contributed by atoms with Crippen molar-refractivity contribution >= 4 is 23.3 Å². The Hall–Kier alpha value is -3.09. The van der Waals surface area contributed by atoms with Gasteiger partial charge in [0.05, 0.1) is 6.61 Å². The molecule has 1 aliphatic rings. The number of rotatable bonds is 5. The molecule has 136 valence electrons. The quantitative estimate of drug-likeness (QED) is 0.834. The molecule has 0 bridgehead atoms. The summed E-state index contributed by atoms with van der Waals surface area (Å²) in [5.74, 6) is 0.540. The molecule has 7 nitrogen and oxygen atoms in total. The lowest BCUT2D eigenvalue weighted by Crippen LogP contribution is -2.60. The Morgan fingerprint density at radius 2 is 2.00 bits per heavy atom. The van der Waals surface area contributed by atoms with Crippen molar-refractivity contribution in [3.05, 3.63) is 42.6 Å². The third-order valence-corrected chi connectivity index (χ3v) is 4.15. The third-order valence-electron chi connectivity index (χ3n) is 4.15. The number of hydrogen-bond donors (Lipinski definition) is 1. The molecule has 2 heterocycles. The molecule has 0 spiro atoms. The number of benzene rings is 1. The van der Waals surface area contributed by atoms with Crippen LogP contribution >= 0.6 is 0 Å². The van der Waals surface area contributed by atoms with Crippen molar-refractivity contribution < 1.29 is 19.1 Å². The van der Waals surface area contributed by atoms with Crippen molar-refractivity contribution in [3.8, 4) is 11.5 Å². The Labute approximate surface area is 151 Å². The topological polar surface area (TPSA) is 80.8 Å². The third kappa shape index (κ3) is 3.08. The van der Waals surface area contributed by atoms with Crippen LogP contribution < -0.4 is 19.7 Å². The first-order valence-corrected chi connectivity index (χ1v) is 8.50. The molecule has 2 amide bonds. The predicted octanol–water partition coefficient (Wildman–Crippen LogP) is 2.62. The van der Waals surface area contributed by atoms with Gasteiger partial charge in [-0.25, -0.2) is 4.98 Å². The summed E-state index contributed by atoms with van der Waals surface area (Å²) in [4.78, 5) is 31.4. The summed E-state index contributed by atoms with van der Waals surface area (Å²) >= 11 is 0. The summed E-state index contributed by atoms with van der Waals surface area (Å²) < 4.78 is 11.2. The van der Waals surface area contributed by atoms with E-state index in [-0.39, 0.29) is 0 Å². The summed E-state index contributed by atoms with van der Waals surface area (Å²) in [6.07, 6.45) is 1.58. The summed E-state index contributed by atoms with van der Waals surface area (Å²) in [7, 11) is 0. The fourth-order valence-electron chi connectivity index (χ4n) is 2.77. The summed E-state index contributed by atoms with van der Waals surface area (Å²) in [6, 6.07) is 10.3. The zero-order valence-electron chi connectivity index (χ0n) is 15.0. The smallest absolute Gasteiger partial charge is 0.282 e. The molecule has 1 aromatic carbocycles. The first-order chi connectivity index (χ1) is 12.5. The van der Waals surface area contributed by atoms with Crippen LogP contribution in [0, 0.1) is 0 Å². The van der Waals surface area contributed by atoms with Crippen LogP contribution in [0.1, 0.15) is 20.8 Å². The van der Waals surface area contributed by atoms with Gasteiger partial charge in [-0.15, -0.1) is 0 Å². The number of carbonyl (C=O) groups is 2. The van der Waals surface area contributed by atoms with Crippen molar-refractivity contribution in [1.82, 2.24) is 4.98 Å². The molecule has 2 aromatic rings. The van der Waals surface area contributed by atoms with Gasteiger partial charge >= 0.3 is 0 Å². The monoisotopic (exact) mass is 355 g/mol. The lowest BCUT2D eigenvalue weighted by Gasteiger charge is -2.38. The van der Waals surface area contributed by atoms with Crippen LogP contribution in [0.15, 0.2) is 42.6 Å². The highest BCUT2D eigenvalue weighted by Gasteiger charge is 2.50. The maximum absolute atomic E-state index is 12.9. The van der Waals surface area contributed by atoms with E-state index >= 15 is 0 Å². The number of aromatic nitrogens is 1. The summed E-state index contributed by atoms with van der Waals surface area (Å²) in [5.41, 5.74) is -1.12. The lowest BCUT2D eigenvalue weighted by molar-refractivity contribution is -0.145. The van der Waals surface area contributed by atoms with Crippen molar-refractivity contribution in [3.63, 3.8) is 0 Å². The molecule has 0 saturated carbocycles. The fourth-order valence-corrected chi connectivity index (χ4v) is 2.77. The van der Waals surface area contributed by atoms with Crippen LogP contribution in [0.25, 0.3) is 0 Å². The molecule has 3 rings (SSSR count). The minimum atomic E-state index is -1.68. The molecule has 0 fully saturated rings. The van der Waals surface area contributed by atoms with Gasteiger partial charge in [0.25, 0.3) is 17.4 Å². The van der Waals surface area contributed by atoms with Crippen molar-refractivity contribution in [2.75, 3.05) is 23.4 Å². The second kappa shape index (κ2) is 7.03. The fraction of sp³-hybridized carbons (Fsp3) is 0.316. The molecule has 1 aromatic heterocycles. The molecule has 0 aliphatic carbocycles. The van der Waals surface area contributed by atoms with Gasteiger partial charge in [0.2, 0.25) is 0 Å². The number of fused-ring (bicyclic) bond motifs is 1. The number of anilines is 2. The Bertz CT molecular complexity index is 822. The number of nitrogens with zero attached hydrogens (tertiary/aromatic N) is 2. The van der Waals surface area contributed by atoms with Gasteiger partial charge in [0, 0.05) is 18.4 Å². The normalized spacial score (nSPS) is 18.7. The Morgan fingerprint density at radius 3 is 2.65 bits per heavy atom. The largest absolute Gasteiger partial charge is 0.494 e. The molecule has 1 atom stereocenters. The zero-order valence-corrected chi connectivity index (χ0v) is 15.0. The molecular formula is C19H21N3O4. The van der Waals surface area contributed by atoms with E-state index in [0.29, 0.717) is 36.2 Å². The molecule has 0 radical (unpaired) electrons. The Kier molecular flexibility index (Phi) is 4.79. The second-order valence-electron chi connectivity index (χ2n) is 5.92. The van der Waals surface area contributed by atoms with Gasteiger partial charge < -0.3 is 14.8 Å². The molecule has 26 heavy (non-hydrogen) atoms. The second-order valence-corrected chi connectivity index (χ2v) is 5.92. The summed E-state index contributed by atoms with van der Waals surface area (Å²) in [6.45, 7) is 6.14. The zero-order chi connectivity index (χ0) is 18.7. The predicted molar refractivity (Wildman–Crippen MR) is 97.5 cm³/mol. The number of pyridine rings is 1. The van der Waals surface area contributed by atoms with E-state index in [0.717, 1.165) is 0 Å². The average Bonchev–Trinajstić information content (AvgIpc) is 2.64. The van der Waals surface area contributed by atoms with E-state index in [1.165, 1.54) is 11.8 Å². The molecular weight excluding hydrogens is 334 g/mol. The van der Waals surface area contributed by atoms with Crippen LogP contribution in [0.5, 0.6) is 11.5 Å². The van der Waals surface area contributed by atoms with Gasteiger partial charge in [-0.3, -0.25) is 14.5 Å². The highest BCUT2D eigenvalue weighted by molar-refractivity contribution is 6.19. The van der Waals surface area contributed by atoms with Gasteiger partial charge in [-0.1, -0.05) is 0 Å². The maximum Gasteiger partial charge on any atom is 0.282 e. The standard InChI is InChI=1S/C19H21N3O4/c1-4-22-16-15(7-6-12-20-16)26-19(3,18(22)24)17(23)21-13-8-10-14(11-9-13)25-5-2/h6-12H,4-5H2,1-3H3,(H,21,23)/t19-/m0/s1. The lowest BCUT2D eigenvalue weighted by atomic mass is 10.0. The van der Waals surface area contributed by atoms with E-state index in [1.54, 1.807) is 42.6 Å². The van der Waals surface area contributed by atoms with E-state index < -0.39 is 17.4 Å². The van der Waals surface area contributed by atoms with Crippen LogP contribution in [0.4, 0.5) is 11.5 Å². The van der Waals surface area contributed by atoms with Gasteiger partial charge in [0.1, 0.15) is 5.75 Å². The van der Waals surface area contributed by atoms with Crippen molar-refractivity contribution in [1.29, 1.82) is 0 Å². The molecule has 0 saturated heterocycles. The first-order valence-electron chi connectivity index (χ1n) is 8.50. The number of nitrogens with one attached hydrogen (secondary N) is 1. The van der Waals surface area contributed by atoms with Crippen molar-refractivity contribution in [2.24, 2.45) is 0 Å². The van der Waals surface area contributed by atoms with Crippen LogP contribution in [-0.2, 0) is 9.59 Å². The van der Waals surface area contributed by atoms with Crippen LogP contribution in [0.2, 0.25) is 0 Å². The Balaban J connectivity index is 1.85. The van der Waals surface area contributed by atoms with Gasteiger partial charge in [-0.05, 0) is 57.2 Å². The van der Waals surface area contributed by atoms with Crippen molar-refractivity contribution in [2.45, 2.75) is 26.4 Å². The van der Waals surface area contributed by atoms with Gasteiger partial charge in [-0.2, -0.15) is 0 Å². The van der Waals surface area contributed by atoms with E-state index in [4.69, 9.17) is 9.47 Å². The van der Waals surface area contributed by atoms with Gasteiger partial charge in [0.15, 0.2) is 11.6 Å². The maximum atomic E-state index is 12.9. The van der Waals surface area contributed by atoms with E-state index in [1.807, 2.05) is 13.8 Å². The first kappa shape index (κ1) is 17.7. The minimum absolute atomic E-state index is 0.387. The van der Waals surface area contributed by atoms with Crippen LogP contribution in [-0.4, -0.2) is 35.6 Å². The summed E-state index contributed by atoms with van der Waals surface area (Å²) in [5, 5.41) is 2.74. The van der Waals surface area contributed by atoms with E-state index in [2.05, 4.69) is 10.3 Å². The minimum Gasteiger partial charge on any atom is -0.494 e.